The first kappa shape index (κ1) is 24.8. The van der Waals surface area contributed by atoms with Crippen molar-refractivity contribution >= 4 is 80.8 Å². The van der Waals surface area contributed by atoms with Gasteiger partial charge in [-0.15, -0.1) is 47.0 Å². The zero-order valence-corrected chi connectivity index (χ0v) is 22.0. The van der Waals surface area contributed by atoms with E-state index in [0.29, 0.717) is 30.8 Å². The first-order chi connectivity index (χ1) is 14.3. The fourth-order valence-electron chi connectivity index (χ4n) is 2.92. The van der Waals surface area contributed by atoms with Crippen LogP contribution in [0.15, 0.2) is 48.6 Å². The lowest BCUT2D eigenvalue weighted by Gasteiger charge is -2.19. The third-order valence-corrected chi connectivity index (χ3v) is 13.9. The second kappa shape index (κ2) is 11.8. The average molecular weight is 515 g/mol. The van der Waals surface area contributed by atoms with Crippen LogP contribution in [0, 0.1) is 0 Å². The summed E-state index contributed by atoms with van der Waals surface area (Å²) in [5, 5.41) is 1.19. The fraction of sp³-hybridized carbons (Fsp3) is 0.455. The van der Waals surface area contributed by atoms with Gasteiger partial charge in [-0.1, -0.05) is 60.9 Å². The number of carbonyl (C=O) groups is 2. The molecule has 30 heavy (non-hydrogen) atoms. The van der Waals surface area contributed by atoms with E-state index in [1.807, 2.05) is 47.0 Å². The van der Waals surface area contributed by atoms with Gasteiger partial charge >= 0.3 is 0 Å². The Bertz CT molecular complexity index is 757. The van der Waals surface area contributed by atoms with E-state index in [-0.39, 0.29) is 10.2 Å². The van der Waals surface area contributed by atoms with Gasteiger partial charge < -0.3 is 0 Å². The van der Waals surface area contributed by atoms with Crippen LogP contribution in [0.4, 0.5) is 0 Å². The first-order valence-electron chi connectivity index (χ1n) is 9.63. The number of thioether (sulfide) groups is 6. The van der Waals surface area contributed by atoms with Crippen LogP contribution in [0.2, 0.25) is 0 Å². The molecule has 4 atom stereocenters. The summed E-state index contributed by atoms with van der Waals surface area (Å²) in [5.41, 5.74) is 4.10. The zero-order chi connectivity index (χ0) is 21.7. The third-order valence-electron chi connectivity index (χ3n) is 4.50. The fourth-order valence-corrected chi connectivity index (χ4v) is 12.0. The maximum Gasteiger partial charge on any atom is 0.214 e. The Morgan fingerprint density at radius 1 is 0.867 bits per heavy atom. The molecular weight excluding hydrogens is 489 g/mol. The van der Waals surface area contributed by atoms with Crippen molar-refractivity contribution in [1.82, 2.24) is 0 Å². The van der Waals surface area contributed by atoms with Crippen molar-refractivity contribution < 1.29 is 9.59 Å². The molecule has 0 aromatic heterocycles. The van der Waals surface area contributed by atoms with Crippen molar-refractivity contribution in [3.8, 4) is 0 Å². The Morgan fingerprint density at radius 3 is 1.63 bits per heavy atom. The van der Waals surface area contributed by atoms with Crippen LogP contribution < -0.4 is 0 Å². The highest BCUT2D eigenvalue weighted by Crippen LogP contribution is 2.56. The van der Waals surface area contributed by atoms with Crippen LogP contribution in [-0.4, -0.2) is 43.7 Å². The Labute approximate surface area is 205 Å². The van der Waals surface area contributed by atoms with Crippen LogP contribution in [0.25, 0.3) is 0 Å². The van der Waals surface area contributed by atoms with E-state index in [1.54, 1.807) is 13.8 Å². The molecule has 2 heterocycles. The summed E-state index contributed by atoms with van der Waals surface area (Å²) in [5.74, 6) is 3.86. The molecule has 0 radical (unpaired) electrons. The second-order valence-electron chi connectivity index (χ2n) is 7.23. The predicted octanol–water partition coefficient (Wildman–Crippen LogP) is 7.05. The molecule has 8 heteroatoms. The molecule has 1 aromatic carbocycles. The molecule has 4 unspecified atom stereocenters. The normalized spacial score (nSPS) is 25.9. The molecule has 0 bridgehead atoms. The highest BCUT2D eigenvalue weighted by atomic mass is 32.2. The standard InChI is InChI=1S/C22H26O2S6/c1-13(2)19(23)25-9-15-11-27-21(29-15)17-7-5-6-8-18(17)22-28-12-16(30-22)10-26-20(24)14(3)4/h5-8,15-16,21-22H,1,3,9-12H2,2,4H3. The van der Waals surface area contributed by atoms with Crippen molar-refractivity contribution in [2.75, 3.05) is 23.0 Å². The maximum atomic E-state index is 11.9. The summed E-state index contributed by atoms with van der Waals surface area (Å²) in [6, 6.07) is 8.80. The number of rotatable bonds is 8. The lowest BCUT2D eigenvalue weighted by atomic mass is 10.1. The highest BCUT2D eigenvalue weighted by molar-refractivity contribution is 8.21. The van der Waals surface area contributed by atoms with Crippen LogP contribution in [0.1, 0.15) is 34.1 Å². The van der Waals surface area contributed by atoms with Crippen LogP contribution >= 0.6 is 70.6 Å². The van der Waals surface area contributed by atoms with E-state index in [0.717, 1.165) is 23.0 Å². The highest BCUT2D eigenvalue weighted by Gasteiger charge is 2.34. The summed E-state index contributed by atoms with van der Waals surface area (Å²) in [6.07, 6.45) is 0. The maximum absolute atomic E-state index is 11.9. The second-order valence-corrected chi connectivity index (χ2v) is 14.9. The molecule has 2 nitrogen and oxygen atoms in total. The van der Waals surface area contributed by atoms with E-state index in [4.69, 9.17) is 0 Å². The molecule has 0 aliphatic carbocycles. The first-order valence-corrected chi connectivity index (χ1v) is 15.6. The third kappa shape index (κ3) is 6.82. The van der Waals surface area contributed by atoms with Gasteiger partial charge in [-0.2, -0.15) is 0 Å². The molecule has 0 spiro atoms. The largest absolute Gasteiger partial charge is 0.282 e. The van der Waals surface area contributed by atoms with E-state index in [1.165, 1.54) is 34.7 Å². The SMILES string of the molecule is C=C(C)C(=O)SCC1CSC(c2ccccc2C2SCC(CSC(=O)C(=C)C)S2)S1. The van der Waals surface area contributed by atoms with Crippen molar-refractivity contribution in [2.24, 2.45) is 0 Å². The molecule has 1 aromatic rings. The molecule has 3 rings (SSSR count). The van der Waals surface area contributed by atoms with Gasteiger partial charge in [0.05, 0.1) is 9.16 Å². The van der Waals surface area contributed by atoms with Crippen molar-refractivity contribution in [2.45, 2.75) is 33.5 Å². The van der Waals surface area contributed by atoms with Gasteiger partial charge in [0, 0.05) is 33.5 Å². The van der Waals surface area contributed by atoms with Gasteiger partial charge in [-0.05, 0) is 36.1 Å². The van der Waals surface area contributed by atoms with E-state index in [2.05, 4.69) is 37.4 Å². The summed E-state index contributed by atoms with van der Waals surface area (Å²) in [6.45, 7) is 11.0. The summed E-state index contributed by atoms with van der Waals surface area (Å²) < 4.78 is 0.845. The molecule has 0 saturated carbocycles. The summed E-state index contributed by atoms with van der Waals surface area (Å²) in [7, 11) is 0. The minimum Gasteiger partial charge on any atom is -0.282 e. The molecule has 0 N–H and O–H groups in total. The van der Waals surface area contributed by atoms with Crippen molar-refractivity contribution in [1.29, 1.82) is 0 Å². The summed E-state index contributed by atoms with van der Waals surface area (Å²) in [4.78, 5) is 23.7. The minimum atomic E-state index is 0.109. The summed E-state index contributed by atoms with van der Waals surface area (Å²) >= 11 is 10.8. The number of hydrogen-bond donors (Lipinski definition) is 0. The van der Waals surface area contributed by atoms with Gasteiger partial charge in [0.1, 0.15) is 0 Å². The average Bonchev–Trinajstić information content (AvgIpc) is 3.39. The lowest BCUT2D eigenvalue weighted by molar-refractivity contribution is -0.108. The molecule has 2 aliphatic heterocycles. The zero-order valence-electron chi connectivity index (χ0n) is 17.1. The number of carbonyl (C=O) groups excluding carboxylic acids is 2. The van der Waals surface area contributed by atoms with E-state index < -0.39 is 0 Å². The Morgan fingerprint density at radius 2 is 1.27 bits per heavy atom. The molecule has 2 aliphatic rings. The smallest absolute Gasteiger partial charge is 0.214 e. The lowest BCUT2D eigenvalue weighted by Crippen LogP contribution is -2.07. The van der Waals surface area contributed by atoms with Crippen molar-refractivity contribution in [3.05, 3.63) is 59.7 Å². The quantitative estimate of drug-likeness (QED) is 0.341. The Hall–Kier alpha value is 0.140. The molecule has 2 saturated heterocycles. The van der Waals surface area contributed by atoms with Gasteiger partial charge in [0.2, 0.25) is 10.2 Å². The predicted molar refractivity (Wildman–Crippen MR) is 144 cm³/mol. The number of hydrogen-bond acceptors (Lipinski definition) is 8. The monoisotopic (exact) mass is 514 g/mol. The number of benzene rings is 1. The van der Waals surface area contributed by atoms with Crippen LogP contribution in [0.3, 0.4) is 0 Å². The topological polar surface area (TPSA) is 34.1 Å². The van der Waals surface area contributed by atoms with Gasteiger partial charge in [-0.3, -0.25) is 9.59 Å². The molecular formula is C22H26O2S6. The molecule has 0 amide bonds. The van der Waals surface area contributed by atoms with Crippen LogP contribution in [0.5, 0.6) is 0 Å². The van der Waals surface area contributed by atoms with E-state index >= 15 is 0 Å². The van der Waals surface area contributed by atoms with E-state index in [9.17, 15) is 9.59 Å². The Kier molecular flexibility index (Phi) is 9.78. The van der Waals surface area contributed by atoms with Crippen LogP contribution in [-0.2, 0) is 9.59 Å². The van der Waals surface area contributed by atoms with Gasteiger partial charge in [0.15, 0.2) is 0 Å². The van der Waals surface area contributed by atoms with Gasteiger partial charge in [-0.25, -0.2) is 0 Å². The van der Waals surface area contributed by atoms with Gasteiger partial charge in [0.25, 0.3) is 0 Å². The van der Waals surface area contributed by atoms with Crippen molar-refractivity contribution in [3.63, 3.8) is 0 Å². The minimum absolute atomic E-state index is 0.109. The molecule has 162 valence electrons. The molecule has 2 fully saturated rings. The Balaban J connectivity index is 1.58.